The second-order valence-corrected chi connectivity index (χ2v) is 5.15. The average molecular weight is 317 g/mol. The number of carbonyl (C=O) groups excluding carboxylic acids is 1. The van der Waals surface area contributed by atoms with Gasteiger partial charge in [-0.15, -0.1) is 0 Å². The van der Waals surface area contributed by atoms with Crippen LogP contribution < -0.4 is 10.2 Å². The van der Waals surface area contributed by atoms with Crippen molar-refractivity contribution in [2.24, 2.45) is 0 Å². The van der Waals surface area contributed by atoms with Gasteiger partial charge in [0.05, 0.1) is 0 Å². The van der Waals surface area contributed by atoms with Gasteiger partial charge in [0.1, 0.15) is 11.8 Å². The van der Waals surface area contributed by atoms with Gasteiger partial charge >= 0.3 is 5.82 Å². The molecule has 6 nitrogen and oxygen atoms in total. The molecule has 1 heterocycles. The number of carbonyl (C=O) groups is 1. The topological polar surface area (TPSA) is 91.2 Å². The Balaban J connectivity index is 2.45. The van der Waals surface area contributed by atoms with Gasteiger partial charge in [-0.25, -0.2) is 0 Å². The summed E-state index contributed by atoms with van der Waals surface area (Å²) in [4.78, 5) is 23.2. The number of halogens is 1. The molecule has 0 bridgehead atoms. The van der Waals surface area contributed by atoms with E-state index in [4.69, 9.17) is 17.3 Å². The first-order valence-electron chi connectivity index (χ1n) is 6.34. The van der Waals surface area contributed by atoms with E-state index in [9.17, 15) is 14.9 Å². The smallest absolute Gasteiger partial charge is 0.345 e. The SMILES string of the molecule is Nc1c(-c2cccc(Cl)c2)n(O)c2cc(C=O)ccc2[n+]1=O. The molecule has 0 fully saturated rings. The van der Waals surface area contributed by atoms with Crippen LogP contribution in [0.5, 0.6) is 0 Å². The molecule has 110 valence electrons. The highest BCUT2D eigenvalue weighted by molar-refractivity contribution is 6.30. The molecule has 0 spiro atoms. The van der Waals surface area contributed by atoms with Crippen LogP contribution in [0.1, 0.15) is 10.4 Å². The van der Waals surface area contributed by atoms with Crippen LogP contribution in [0.2, 0.25) is 5.02 Å². The highest BCUT2D eigenvalue weighted by Gasteiger charge is 2.22. The molecule has 0 aliphatic heterocycles. The molecule has 0 amide bonds. The van der Waals surface area contributed by atoms with Crippen LogP contribution in [0.4, 0.5) is 5.82 Å². The van der Waals surface area contributed by atoms with Crippen LogP contribution in [-0.4, -0.2) is 16.2 Å². The molecule has 0 unspecified atom stereocenters. The average Bonchev–Trinajstić information content (AvgIpc) is 2.52. The molecule has 3 rings (SSSR count). The second kappa shape index (κ2) is 5.16. The van der Waals surface area contributed by atoms with Crippen molar-refractivity contribution in [3.63, 3.8) is 0 Å². The zero-order valence-corrected chi connectivity index (χ0v) is 12.0. The lowest BCUT2D eigenvalue weighted by Crippen LogP contribution is -2.25. The normalized spacial score (nSPS) is 10.8. The summed E-state index contributed by atoms with van der Waals surface area (Å²) in [7, 11) is 0. The Morgan fingerprint density at radius 3 is 2.68 bits per heavy atom. The Morgan fingerprint density at radius 1 is 1.23 bits per heavy atom. The van der Waals surface area contributed by atoms with Gasteiger partial charge in [0.25, 0.3) is 0 Å². The number of nitrogens with two attached hydrogens (primary N) is 1. The molecule has 0 atom stereocenters. The number of anilines is 1. The van der Waals surface area contributed by atoms with E-state index >= 15 is 0 Å². The number of nitrogen functional groups attached to an aromatic ring is 1. The standard InChI is InChI=1S/C15H11ClN3O3/c16-11-3-1-2-10(7-11)14-15(17)19(22)12-5-4-9(8-20)6-13(12)18(14)21/h1-8,21H,17H2/q+1. The Bertz CT molecular complexity index is 966. The summed E-state index contributed by atoms with van der Waals surface area (Å²) in [5, 5.41) is 10.9. The number of aldehydes is 1. The summed E-state index contributed by atoms with van der Waals surface area (Å²) < 4.78 is 1.30. The molecule has 1 aromatic heterocycles. The fraction of sp³-hybridized carbons (Fsp3) is 0. The van der Waals surface area contributed by atoms with Crippen molar-refractivity contribution < 1.29 is 14.4 Å². The minimum atomic E-state index is -0.170. The van der Waals surface area contributed by atoms with Gasteiger partial charge in [-0.3, -0.25) is 10.5 Å². The highest BCUT2D eigenvalue weighted by atomic mass is 35.5. The Hall–Kier alpha value is -2.86. The number of aromatic nitrogens is 2. The molecule has 22 heavy (non-hydrogen) atoms. The molecule has 3 N–H and O–H groups in total. The number of nitrogens with zero attached hydrogens (tertiary/aromatic N) is 2. The quantitative estimate of drug-likeness (QED) is 0.432. The predicted octanol–water partition coefficient (Wildman–Crippen LogP) is 2.51. The summed E-state index contributed by atoms with van der Waals surface area (Å²) in [6, 6.07) is 10.9. The van der Waals surface area contributed by atoms with Gasteiger partial charge in [0, 0.05) is 20.6 Å². The minimum Gasteiger partial charge on any atom is -0.427 e. The summed E-state index contributed by atoms with van der Waals surface area (Å²) in [6.45, 7) is 0. The highest BCUT2D eigenvalue weighted by Crippen LogP contribution is 2.28. The third-order valence-corrected chi connectivity index (χ3v) is 3.59. The van der Waals surface area contributed by atoms with E-state index in [0.717, 1.165) is 4.73 Å². The van der Waals surface area contributed by atoms with E-state index in [2.05, 4.69) is 0 Å². The lowest BCUT2D eigenvalue weighted by molar-refractivity contribution is -0.447. The minimum absolute atomic E-state index is 0.105. The van der Waals surface area contributed by atoms with Crippen LogP contribution in [0.3, 0.4) is 0 Å². The number of fused-ring (bicyclic) bond motifs is 1. The van der Waals surface area contributed by atoms with Gasteiger partial charge in [-0.2, -0.15) is 4.73 Å². The van der Waals surface area contributed by atoms with E-state index in [0.29, 0.717) is 26.9 Å². The van der Waals surface area contributed by atoms with E-state index in [1.165, 1.54) is 18.2 Å². The molecule has 3 aromatic rings. The van der Waals surface area contributed by atoms with Crippen LogP contribution in [0.25, 0.3) is 22.3 Å². The van der Waals surface area contributed by atoms with E-state index in [-0.39, 0.29) is 22.5 Å². The summed E-state index contributed by atoms with van der Waals surface area (Å²) in [5.74, 6) is -0.170. The van der Waals surface area contributed by atoms with Crippen molar-refractivity contribution in [2.45, 2.75) is 0 Å². The van der Waals surface area contributed by atoms with Gasteiger partial charge in [-0.1, -0.05) is 28.6 Å². The summed E-state index contributed by atoms with van der Waals surface area (Å²) in [5.41, 5.74) is 7.10. The Labute approximate surface area is 129 Å². The summed E-state index contributed by atoms with van der Waals surface area (Å²) >= 11 is 5.94. The van der Waals surface area contributed by atoms with Crippen molar-refractivity contribution >= 4 is 34.7 Å². The maximum atomic E-state index is 12.3. The van der Waals surface area contributed by atoms with Crippen molar-refractivity contribution in [3.05, 3.63) is 58.0 Å². The Morgan fingerprint density at radius 2 is 2.00 bits per heavy atom. The first-order valence-corrected chi connectivity index (χ1v) is 6.72. The van der Waals surface area contributed by atoms with Crippen molar-refractivity contribution in [1.82, 2.24) is 4.73 Å². The van der Waals surface area contributed by atoms with Gasteiger partial charge in [0.2, 0.25) is 5.52 Å². The molecule has 2 aromatic carbocycles. The summed E-state index contributed by atoms with van der Waals surface area (Å²) in [6.07, 6.45) is 0.629. The third-order valence-electron chi connectivity index (χ3n) is 3.35. The number of benzene rings is 2. The molecule has 0 saturated heterocycles. The first kappa shape index (κ1) is 14.1. The fourth-order valence-electron chi connectivity index (χ4n) is 2.32. The molecule has 0 saturated carbocycles. The van der Waals surface area contributed by atoms with Crippen molar-refractivity contribution in [2.75, 3.05) is 5.73 Å². The fourth-order valence-corrected chi connectivity index (χ4v) is 2.51. The maximum Gasteiger partial charge on any atom is 0.345 e. The third kappa shape index (κ3) is 2.10. The number of rotatable bonds is 2. The van der Waals surface area contributed by atoms with Crippen LogP contribution in [-0.2, 0) is 0 Å². The zero-order valence-electron chi connectivity index (χ0n) is 11.2. The maximum absolute atomic E-state index is 12.3. The van der Waals surface area contributed by atoms with Gasteiger partial charge in [0.15, 0.2) is 5.69 Å². The van der Waals surface area contributed by atoms with E-state index in [1.807, 2.05) is 0 Å². The monoisotopic (exact) mass is 316 g/mol. The Kier molecular flexibility index (Phi) is 3.30. The zero-order chi connectivity index (χ0) is 15.9. The van der Waals surface area contributed by atoms with Gasteiger partial charge in [-0.05, 0) is 30.3 Å². The van der Waals surface area contributed by atoms with Crippen molar-refractivity contribution in [1.29, 1.82) is 0 Å². The largest absolute Gasteiger partial charge is 0.427 e. The van der Waals surface area contributed by atoms with Gasteiger partial charge < -0.3 is 5.21 Å². The molecule has 0 radical (unpaired) electrons. The molecule has 7 heteroatoms. The van der Waals surface area contributed by atoms with E-state index < -0.39 is 0 Å². The second-order valence-electron chi connectivity index (χ2n) is 4.72. The van der Waals surface area contributed by atoms with E-state index in [1.54, 1.807) is 24.3 Å². The lowest BCUT2D eigenvalue weighted by Gasteiger charge is -2.10. The van der Waals surface area contributed by atoms with Crippen LogP contribution >= 0.6 is 11.6 Å². The first-order chi connectivity index (χ1) is 10.5. The molecular weight excluding hydrogens is 306 g/mol. The van der Waals surface area contributed by atoms with Crippen LogP contribution in [0, 0.1) is 4.91 Å². The number of hydrogen-bond donors (Lipinski definition) is 2. The predicted molar refractivity (Wildman–Crippen MR) is 82.7 cm³/mol. The lowest BCUT2D eigenvalue weighted by atomic mass is 10.1. The molecule has 0 aliphatic carbocycles. The van der Waals surface area contributed by atoms with Crippen molar-refractivity contribution in [3.8, 4) is 11.3 Å². The molecule has 0 aliphatic rings. The molecular formula is C15H11ClN3O3+. The van der Waals surface area contributed by atoms with Crippen LogP contribution in [0.15, 0.2) is 42.5 Å². The number of hydrogen-bond acceptors (Lipinski definition) is 4.